The summed E-state index contributed by atoms with van der Waals surface area (Å²) >= 11 is 7.22. The fraction of sp³-hybridized carbons (Fsp3) is 0.304. The molecule has 176 valence electrons. The molecular formula is C23H20ClN3O5S2. The monoisotopic (exact) mass is 517 g/mol. The Labute approximate surface area is 205 Å². The van der Waals surface area contributed by atoms with Crippen molar-refractivity contribution in [3.05, 3.63) is 46.2 Å². The molecule has 1 aromatic heterocycles. The molecule has 2 aliphatic heterocycles. The van der Waals surface area contributed by atoms with Gasteiger partial charge in [0.1, 0.15) is 0 Å². The molecule has 0 aliphatic carbocycles. The summed E-state index contributed by atoms with van der Waals surface area (Å²) in [6.07, 6.45) is 6.69. The van der Waals surface area contributed by atoms with Gasteiger partial charge in [0.15, 0.2) is 16.3 Å². The van der Waals surface area contributed by atoms with Crippen LogP contribution in [-0.4, -0.2) is 43.1 Å². The van der Waals surface area contributed by atoms with Crippen LogP contribution in [0.4, 0.5) is 0 Å². The van der Waals surface area contributed by atoms with Gasteiger partial charge in [0.25, 0.3) is 5.91 Å². The number of nitrogens with zero attached hydrogens (tertiary/aromatic N) is 3. The van der Waals surface area contributed by atoms with Crippen molar-refractivity contribution < 1.29 is 22.7 Å². The Morgan fingerprint density at radius 3 is 2.71 bits per heavy atom. The summed E-state index contributed by atoms with van der Waals surface area (Å²) in [5.74, 6) is 2.94. The van der Waals surface area contributed by atoms with Gasteiger partial charge in [-0.3, -0.25) is 4.79 Å². The van der Waals surface area contributed by atoms with Gasteiger partial charge in [0.2, 0.25) is 16.8 Å². The third-order valence-corrected chi connectivity index (χ3v) is 8.99. The molecule has 0 bridgehead atoms. The van der Waals surface area contributed by atoms with Gasteiger partial charge in [0.05, 0.1) is 27.6 Å². The number of terminal acetylenes is 1. The minimum atomic E-state index is -3.74. The number of rotatable bonds is 4. The molecule has 0 radical (unpaired) electrons. The summed E-state index contributed by atoms with van der Waals surface area (Å²) in [5, 5.41) is 0.455. The van der Waals surface area contributed by atoms with E-state index in [-0.39, 0.29) is 30.7 Å². The van der Waals surface area contributed by atoms with E-state index >= 15 is 0 Å². The van der Waals surface area contributed by atoms with Crippen molar-refractivity contribution in [1.82, 2.24) is 8.87 Å². The zero-order valence-electron chi connectivity index (χ0n) is 17.9. The maximum Gasteiger partial charge on any atom is 0.252 e. The van der Waals surface area contributed by atoms with Crippen LogP contribution >= 0.6 is 22.9 Å². The Kier molecular flexibility index (Phi) is 6.12. The zero-order valence-corrected chi connectivity index (χ0v) is 20.3. The van der Waals surface area contributed by atoms with E-state index < -0.39 is 15.9 Å². The summed E-state index contributed by atoms with van der Waals surface area (Å²) < 4.78 is 41.0. The minimum absolute atomic E-state index is 0.0727. The summed E-state index contributed by atoms with van der Waals surface area (Å²) in [6.45, 7) is 0.811. The van der Waals surface area contributed by atoms with E-state index in [0.29, 0.717) is 40.7 Å². The van der Waals surface area contributed by atoms with Crippen molar-refractivity contribution in [3.8, 4) is 23.8 Å². The number of ether oxygens (including phenoxy) is 2. The molecule has 2 aromatic carbocycles. The number of amides is 1. The van der Waals surface area contributed by atoms with Gasteiger partial charge in [-0.2, -0.15) is 9.30 Å². The quantitative estimate of drug-likeness (QED) is 0.496. The van der Waals surface area contributed by atoms with Crippen LogP contribution in [0.15, 0.2) is 46.3 Å². The summed E-state index contributed by atoms with van der Waals surface area (Å²) in [5.41, 5.74) is 0.800. The van der Waals surface area contributed by atoms with E-state index in [4.69, 9.17) is 27.5 Å². The zero-order chi connectivity index (χ0) is 23.9. The number of carbonyl (C=O) groups excluding carboxylic acids is 1. The third-order valence-electron chi connectivity index (χ3n) is 5.82. The van der Waals surface area contributed by atoms with Gasteiger partial charge in [-0.15, -0.1) is 6.42 Å². The van der Waals surface area contributed by atoms with Crippen molar-refractivity contribution in [2.45, 2.75) is 24.3 Å². The molecule has 2 aliphatic rings. The highest BCUT2D eigenvalue weighted by atomic mass is 35.5. The molecule has 3 heterocycles. The van der Waals surface area contributed by atoms with Crippen molar-refractivity contribution >= 4 is 49.1 Å². The number of thiazole rings is 1. The van der Waals surface area contributed by atoms with Crippen molar-refractivity contribution in [1.29, 1.82) is 0 Å². The molecular weight excluding hydrogens is 498 g/mol. The molecule has 0 N–H and O–H groups in total. The van der Waals surface area contributed by atoms with E-state index in [9.17, 15) is 13.2 Å². The lowest BCUT2D eigenvalue weighted by Gasteiger charge is -2.30. The van der Waals surface area contributed by atoms with Gasteiger partial charge >= 0.3 is 0 Å². The fourth-order valence-electron chi connectivity index (χ4n) is 4.09. The molecule has 3 aromatic rings. The molecule has 8 nitrogen and oxygen atoms in total. The van der Waals surface area contributed by atoms with E-state index in [1.807, 2.05) is 12.1 Å². The first-order valence-corrected chi connectivity index (χ1v) is 13.2. The first kappa shape index (κ1) is 22.9. The van der Waals surface area contributed by atoms with E-state index in [2.05, 4.69) is 10.9 Å². The van der Waals surface area contributed by atoms with E-state index in [0.717, 1.165) is 10.2 Å². The van der Waals surface area contributed by atoms with Gasteiger partial charge in [-0.05, 0) is 37.1 Å². The second kappa shape index (κ2) is 9.07. The maximum atomic E-state index is 13.1. The number of hydrogen-bond acceptors (Lipinski definition) is 6. The third kappa shape index (κ3) is 4.20. The van der Waals surface area contributed by atoms with Crippen LogP contribution in [0, 0.1) is 18.3 Å². The molecule has 1 unspecified atom stereocenters. The van der Waals surface area contributed by atoms with Gasteiger partial charge in [-0.25, -0.2) is 8.42 Å². The van der Waals surface area contributed by atoms with Crippen molar-refractivity contribution in [3.63, 3.8) is 0 Å². The van der Waals surface area contributed by atoms with Crippen molar-refractivity contribution in [2.24, 2.45) is 10.9 Å². The molecule has 11 heteroatoms. The highest BCUT2D eigenvalue weighted by molar-refractivity contribution is 7.89. The summed E-state index contributed by atoms with van der Waals surface area (Å²) in [6, 6.07) is 9.69. The van der Waals surface area contributed by atoms with Crippen LogP contribution in [0.1, 0.15) is 12.8 Å². The fourth-order valence-corrected chi connectivity index (χ4v) is 6.79. The second-order valence-corrected chi connectivity index (χ2v) is 11.3. The first-order chi connectivity index (χ1) is 16.4. The summed E-state index contributed by atoms with van der Waals surface area (Å²) in [4.78, 5) is 18.1. The summed E-state index contributed by atoms with van der Waals surface area (Å²) in [7, 11) is -3.74. The van der Waals surface area contributed by atoms with Crippen LogP contribution in [-0.2, 0) is 21.4 Å². The molecule has 1 fully saturated rings. The SMILES string of the molecule is C#CCn1c(=NC(=O)C2CCCN(S(=O)(=O)c3ccc(Cl)cc3)C2)sc2cc3c(cc21)OCO3. The molecule has 1 atom stereocenters. The Bertz CT molecular complexity index is 1490. The number of sulfonamides is 1. The number of halogens is 1. The van der Waals surface area contributed by atoms with Gasteiger partial charge in [0, 0.05) is 30.2 Å². The number of fused-ring (bicyclic) bond motifs is 2. The minimum Gasteiger partial charge on any atom is -0.454 e. The van der Waals surface area contributed by atoms with Crippen LogP contribution in [0.25, 0.3) is 10.2 Å². The lowest BCUT2D eigenvalue weighted by Crippen LogP contribution is -2.42. The lowest BCUT2D eigenvalue weighted by molar-refractivity contribution is -0.122. The Morgan fingerprint density at radius 1 is 1.24 bits per heavy atom. The predicted molar refractivity (Wildman–Crippen MR) is 128 cm³/mol. The molecule has 1 amide bonds. The number of benzene rings is 2. The molecule has 0 saturated carbocycles. The Hall–Kier alpha value is -2.84. The van der Waals surface area contributed by atoms with Crippen LogP contribution in [0.3, 0.4) is 0 Å². The number of hydrogen-bond donors (Lipinski definition) is 0. The number of aromatic nitrogens is 1. The molecule has 34 heavy (non-hydrogen) atoms. The Morgan fingerprint density at radius 2 is 1.97 bits per heavy atom. The van der Waals surface area contributed by atoms with Gasteiger partial charge < -0.3 is 14.0 Å². The largest absolute Gasteiger partial charge is 0.454 e. The van der Waals surface area contributed by atoms with Gasteiger partial charge in [-0.1, -0.05) is 28.9 Å². The predicted octanol–water partition coefficient (Wildman–Crippen LogP) is 3.25. The average Bonchev–Trinajstić information content (AvgIpc) is 3.42. The first-order valence-electron chi connectivity index (χ1n) is 10.6. The van der Waals surface area contributed by atoms with Crippen LogP contribution in [0.5, 0.6) is 11.5 Å². The number of carbonyl (C=O) groups is 1. The second-order valence-electron chi connectivity index (χ2n) is 7.95. The Balaban J connectivity index is 1.44. The molecule has 1 saturated heterocycles. The normalized spacial score (nSPS) is 18.8. The average molecular weight is 518 g/mol. The topological polar surface area (TPSA) is 90.2 Å². The lowest BCUT2D eigenvalue weighted by atomic mass is 9.99. The van der Waals surface area contributed by atoms with Crippen molar-refractivity contribution in [2.75, 3.05) is 19.9 Å². The highest BCUT2D eigenvalue weighted by Crippen LogP contribution is 2.37. The van der Waals surface area contributed by atoms with Crippen LogP contribution in [0.2, 0.25) is 5.02 Å². The highest BCUT2D eigenvalue weighted by Gasteiger charge is 2.33. The number of piperidine rings is 1. The standard InChI is InChI=1S/C23H20ClN3O5S2/c1-2-9-27-18-11-19-20(32-14-31-19)12-21(18)33-23(27)25-22(28)15-4-3-10-26(13-15)34(29,30)17-7-5-16(24)6-8-17/h1,5-8,11-12,15H,3-4,9-10,13-14H2. The maximum absolute atomic E-state index is 13.1. The molecule has 0 spiro atoms. The smallest absolute Gasteiger partial charge is 0.252 e. The molecule has 5 rings (SSSR count). The van der Waals surface area contributed by atoms with E-state index in [1.165, 1.54) is 39.9 Å². The van der Waals surface area contributed by atoms with Crippen LogP contribution < -0.4 is 14.3 Å². The van der Waals surface area contributed by atoms with E-state index in [1.54, 1.807) is 4.57 Å².